The molecule has 0 aromatic heterocycles. The molecule has 1 aliphatic heterocycles. The Morgan fingerprint density at radius 1 is 1.00 bits per heavy atom. The summed E-state index contributed by atoms with van der Waals surface area (Å²) in [4.78, 5) is 12.1. The predicted octanol–water partition coefficient (Wildman–Crippen LogP) is 3.14. The van der Waals surface area contributed by atoms with Crippen LogP contribution in [-0.4, -0.2) is 11.6 Å². The molecule has 0 spiro atoms. The van der Waals surface area contributed by atoms with Gasteiger partial charge in [-0.25, -0.2) is 0 Å². The summed E-state index contributed by atoms with van der Waals surface area (Å²) in [5.74, 6) is 0.0214. The Labute approximate surface area is 112 Å². The molecule has 1 amide bonds. The summed E-state index contributed by atoms with van der Waals surface area (Å²) in [5, 5.41) is 5.98. The normalized spacial score (nSPS) is 14.7. The first kappa shape index (κ1) is 11.7. The molecule has 0 atom stereocenters. The number of nitrogens with zero attached hydrogens (tertiary/aromatic N) is 2. The minimum atomic E-state index is 0.0214. The topological polar surface area (TPSA) is 32.7 Å². The average Bonchev–Trinajstić information content (AvgIpc) is 2.82. The van der Waals surface area contributed by atoms with Gasteiger partial charge in [0, 0.05) is 0 Å². The summed E-state index contributed by atoms with van der Waals surface area (Å²) in [6.07, 6.45) is 0.359. The van der Waals surface area contributed by atoms with E-state index in [2.05, 4.69) is 5.10 Å². The van der Waals surface area contributed by atoms with E-state index in [-0.39, 0.29) is 5.91 Å². The van der Waals surface area contributed by atoms with Crippen LogP contribution >= 0.6 is 0 Å². The van der Waals surface area contributed by atoms with Gasteiger partial charge in [0.15, 0.2) is 0 Å². The molecular weight excluding hydrogens is 236 g/mol. The fraction of sp³-hybridized carbons (Fsp3) is 0.125. The fourth-order valence-corrected chi connectivity index (χ4v) is 2.21. The largest absolute Gasteiger partial charge is 0.272 e. The number of benzene rings is 2. The number of hydrogen-bond acceptors (Lipinski definition) is 2. The van der Waals surface area contributed by atoms with Gasteiger partial charge in [-0.2, -0.15) is 10.1 Å². The Morgan fingerprint density at radius 3 is 2.42 bits per heavy atom. The van der Waals surface area contributed by atoms with Crippen LogP contribution in [0, 0.1) is 6.92 Å². The molecule has 0 radical (unpaired) electrons. The summed E-state index contributed by atoms with van der Waals surface area (Å²) in [6, 6.07) is 17.6. The summed E-state index contributed by atoms with van der Waals surface area (Å²) in [6.45, 7) is 1.98. The van der Waals surface area contributed by atoms with Crippen molar-refractivity contribution in [1.29, 1.82) is 0 Å². The highest BCUT2D eigenvalue weighted by Gasteiger charge is 2.26. The van der Waals surface area contributed by atoms with Gasteiger partial charge in [0.1, 0.15) is 0 Å². The Morgan fingerprint density at radius 2 is 1.68 bits per heavy atom. The van der Waals surface area contributed by atoms with E-state index >= 15 is 0 Å². The lowest BCUT2D eigenvalue weighted by molar-refractivity contribution is -0.116. The molecule has 0 aliphatic carbocycles. The van der Waals surface area contributed by atoms with Crippen LogP contribution in [0.3, 0.4) is 0 Å². The van der Waals surface area contributed by atoms with Gasteiger partial charge in [-0.1, -0.05) is 48.5 Å². The van der Waals surface area contributed by atoms with Crippen molar-refractivity contribution in [2.45, 2.75) is 13.3 Å². The molecule has 19 heavy (non-hydrogen) atoms. The van der Waals surface area contributed by atoms with Crippen LogP contribution < -0.4 is 5.01 Å². The van der Waals surface area contributed by atoms with Crippen LogP contribution in [0.1, 0.15) is 17.5 Å². The van der Waals surface area contributed by atoms with Gasteiger partial charge in [0.2, 0.25) is 0 Å². The number of carbonyl (C=O) groups excluding carboxylic acids is 1. The number of carbonyl (C=O) groups is 1. The first-order valence-corrected chi connectivity index (χ1v) is 6.27. The van der Waals surface area contributed by atoms with E-state index < -0.39 is 0 Å². The molecule has 0 unspecified atom stereocenters. The van der Waals surface area contributed by atoms with Crippen LogP contribution in [0.15, 0.2) is 59.7 Å². The summed E-state index contributed by atoms with van der Waals surface area (Å²) >= 11 is 0. The monoisotopic (exact) mass is 250 g/mol. The molecule has 0 N–H and O–H groups in total. The first-order valence-electron chi connectivity index (χ1n) is 6.27. The molecule has 3 rings (SSSR count). The molecule has 3 heteroatoms. The fourth-order valence-electron chi connectivity index (χ4n) is 2.21. The van der Waals surface area contributed by atoms with Crippen LogP contribution in [0.5, 0.6) is 0 Å². The van der Waals surface area contributed by atoms with E-state index in [0.29, 0.717) is 6.42 Å². The zero-order valence-electron chi connectivity index (χ0n) is 10.7. The highest BCUT2D eigenvalue weighted by atomic mass is 16.2. The number of aryl methyl sites for hydroxylation is 1. The van der Waals surface area contributed by atoms with Crippen molar-refractivity contribution in [3.63, 3.8) is 0 Å². The Hall–Kier alpha value is -2.42. The number of amides is 1. The van der Waals surface area contributed by atoms with Gasteiger partial charge < -0.3 is 0 Å². The third kappa shape index (κ3) is 2.15. The van der Waals surface area contributed by atoms with Crippen molar-refractivity contribution in [1.82, 2.24) is 0 Å². The maximum atomic E-state index is 12.1. The van der Waals surface area contributed by atoms with Gasteiger partial charge >= 0.3 is 0 Å². The van der Waals surface area contributed by atoms with E-state index in [0.717, 1.165) is 22.5 Å². The molecule has 0 bridgehead atoms. The Kier molecular flexibility index (Phi) is 2.88. The van der Waals surface area contributed by atoms with Crippen molar-refractivity contribution in [3.8, 4) is 0 Å². The molecular formula is C16H14N2O. The molecule has 0 saturated heterocycles. The summed E-state index contributed by atoms with van der Waals surface area (Å²) < 4.78 is 0. The van der Waals surface area contributed by atoms with Crippen LogP contribution in [0.2, 0.25) is 0 Å². The molecule has 2 aromatic rings. The third-order valence-corrected chi connectivity index (χ3v) is 3.23. The predicted molar refractivity (Wildman–Crippen MR) is 76.3 cm³/mol. The molecule has 3 nitrogen and oxygen atoms in total. The SMILES string of the molecule is Cc1ccccc1N1N=C(c2ccccc2)CC1=O. The molecule has 1 aliphatic rings. The van der Waals surface area contributed by atoms with E-state index in [1.54, 1.807) is 0 Å². The lowest BCUT2D eigenvalue weighted by atomic mass is 10.1. The van der Waals surface area contributed by atoms with E-state index in [1.165, 1.54) is 5.01 Å². The van der Waals surface area contributed by atoms with Gasteiger partial charge in [0.05, 0.1) is 17.8 Å². The highest BCUT2D eigenvalue weighted by molar-refractivity contribution is 6.19. The lowest BCUT2D eigenvalue weighted by Gasteiger charge is -2.13. The zero-order chi connectivity index (χ0) is 13.2. The maximum absolute atomic E-state index is 12.1. The quantitative estimate of drug-likeness (QED) is 0.806. The molecule has 2 aromatic carbocycles. The average molecular weight is 250 g/mol. The van der Waals surface area contributed by atoms with Crippen molar-refractivity contribution in [2.75, 3.05) is 5.01 Å². The Balaban J connectivity index is 1.99. The van der Waals surface area contributed by atoms with Crippen molar-refractivity contribution >= 4 is 17.3 Å². The second kappa shape index (κ2) is 4.69. The van der Waals surface area contributed by atoms with Crippen molar-refractivity contribution < 1.29 is 4.79 Å². The van der Waals surface area contributed by atoms with Gasteiger partial charge in [-0.15, -0.1) is 0 Å². The standard InChI is InChI=1S/C16H14N2O/c1-12-7-5-6-10-15(12)18-16(19)11-14(17-18)13-8-3-2-4-9-13/h2-10H,11H2,1H3. The number of hydrogen-bond donors (Lipinski definition) is 0. The van der Waals surface area contributed by atoms with E-state index in [9.17, 15) is 4.79 Å². The third-order valence-electron chi connectivity index (χ3n) is 3.23. The first-order chi connectivity index (χ1) is 9.25. The second-order valence-corrected chi connectivity index (χ2v) is 4.58. The van der Waals surface area contributed by atoms with Crippen LogP contribution in [-0.2, 0) is 4.79 Å². The van der Waals surface area contributed by atoms with Gasteiger partial charge in [-0.05, 0) is 24.1 Å². The van der Waals surface area contributed by atoms with Crippen LogP contribution in [0.25, 0.3) is 0 Å². The van der Waals surface area contributed by atoms with Gasteiger partial charge in [0.25, 0.3) is 5.91 Å². The molecule has 1 heterocycles. The number of anilines is 1. The smallest absolute Gasteiger partial charge is 0.253 e. The van der Waals surface area contributed by atoms with Gasteiger partial charge in [-0.3, -0.25) is 4.79 Å². The molecule has 0 saturated carbocycles. The maximum Gasteiger partial charge on any atom is 0.253 e. The van der Waals surface area contributed by atoms with E-state index in [1.807, 2.05) is 61.5 Å². The summed E-state index contributed by atoms with van der Waals surface area (Å²) in [7, 11) is 0. The molecule has 0 fully saturated rings. The number of para-hydroxylation sites is 1. The Bertz CT molecular complexity index is 647. The lowest BCUT2D eigenvalue weighted by Crippen LogP contribution is -2.20. The van der Waals surface area contributed by atoms with Crippen LogP contribution in [0.4, 0.5) is 5.69 Å². The number of hydrazone groups is 1. The van der Waals surface area contributed by atoms with Crippen molar-refractivity contribution in [2.24, 2.45) is 5.10 Å². The van der Waals surface area contributed by atoms with Crippen molar-refractivity contribution in [3.05, 3.63) is 65.7 Å². The number of rotatable bonds is 2. The minimum absolute atomic E-state index is 0.0214. The molecule has 94 valence electrons. The highest BCUT2D eigenvalue weighted by Crippen LogP contribution is 2.25. The zero-order valence-corrected chi connectivity index (χ0v) is 10.7. The summed E-state index contributed by atoms with van der Waals surface area (Å²) in [5.41, 5.74) is 3.74. The second-order valence-electron chi connectivity index (χ2n) is 4.58. The minimum Gasteiger partial charge on any atom is -0.272 e. The van der Waals surface area contributed by atoms with E-state index in [4.69, 9.17) is 0 Å².